The lowest BCUT2D eigenvalue weighted by Gasteiger charge is -2.10. The summed E-state index contributed by atoms with van der Waals surface area (Å²) in [5, 5.41) is 18.9. The van der Waals surface area contributed by atoms with E-state index in [1.807, 2.05) is 6.92 Å². The highest BCUT2D eigenvalue weighted by Gasteiger charge is 2.03. The number of unbranched alkanes of at least 4 members (excludes halogenated alkanes) is 6. The first-order chi connectivity index (χ1) is 8.16. The van der Waals surface area contributed by atoms with Crippen LogP contribution in [-0.2, 0) is 0 Å². The summed E-state index contributed by atoms with van der Waals surface area (Å²) in [6, 6.07) is 0. The lowest BCUT2D eigenvalue weighted by molar-refractivity contribution is 0.145. The van der Waals surface area contributed by atoms with Crippen molar-refractivity contribution in [3.63, 3.8) is 0 Å². The topological polar surface area (TPSA) is 40.5 Å². The molecule has 0 aromatic carbocycles. The van der Waals surface area contributed by atoms with E-state index >= 15 is 0 Å². The Morgan fingerprint density at radius 2 is 1.18 bits per heavy atom. The Labute approximate surface area is 107 Å². The van der Waals surface area contributed by atoms with E-state index in [4.69, 9.17) is 5.11 Å². The lowest BCUT2D eigenvalue weighted by atomic mass is 10.0. The molecule has 0 rings (SSSR count). The second-order valence-electron chi connectivity index (χ2n) is 5.34. The molecular formula is C15H32O2. The molecule has 0 aliphatic carbocycles. The molecule has 104 valence electrons. The zero-order chi connectivity index (χ0) is 12.9. The van der Waals surface area contributed by atoms with Crippen molar-refractivity contribution in [3.05, 3.63) is 0 Å². The van der Waals surface area contributed by atoms with Gasteiger partial charge in [0.25, 0.3) is 0 Å². The number of aliphatic hydroxyl groups is 2. The second-order valence-corrected chi connectivity index (χ2v) is 5.34. The van der Waals surface area contributed by atoms with E-state index in [0.717, 1.165) is 38.5 Å². The van der Waals surface area contributed by atoms with E-state index in [1.54, 1.807) is 0 Å². The van der Waals surface area contributed by atoms with Crippen molar-refractivity contribution in [1.29, 1.82) is 0 Å². The van der Waals surface area contributed by atoms with Gasteiger partial charge in [0.05, 0.1) is 12.2 Å². The number of aliphatic hydroxyl groups excluding tert-OH is 2. The summed E-state index contributed by atoms with van der Waals surface area (Å²) in [5.74, 6) is 0. The Balaban J connectivity index is 3.14. The number of hydrogen-bond donors (Lipinski definition) is 2. The van der Waals surface area contributed by atoms with Gasteiger partial charge in [0.15, 0.2) is 0 Å². The van der Waals surface area contributed by atoms with Gasteiger partial charge >= 0.3 is 0 Å². The van der Waals surface area contributed by atoms with Crippen molar-refractivity contribution >= 4 is 0 Å². The molecule has 0 saturated carbocycles. The van der Waals surface area contributed by atoms with Crippen LogP contribution in [0.25, 0.3) is 0 Å². The van der Waals surface area contributed by atoms with Crippen molar-refractivity contribution in [2.24, 2.45) is 0 Å². The Morgan fingerprint density at radius 1 is 0.706 bits per heavy atom. The molecule has 0 fully saturated rings. The van der Waals surface area contributed by atoms with Gasteiger partial charge < -0.3 is 10.2 Å². The van der Waals surface area contributed by atoms with Crippen molar-refractivity contribution in [2.45, 2.75) is 96.7 Å². The van der Waals surface area contributed by atoms with E-state index in [9.17, 15) is 5.11 Å². The van der Waals surface area contributed by atoms with Crippen LogP contribution in [0.5, 0.6) is 0 Å². The summed E-state index contributed by atoms with van der Waals surface area (Å²) in [6.45, 7) is 4.06. The SMILES string of the molecule is CCCCCCCC(O)CCCCCC(C)O. The van der Waals surface area contributed by atoms with Gasteiger partial charge in [-0.15, -0.1) is 0 Å². The van der Waals surface area contributed by atoms with Gasteiger partial charge in [0.1, 0.15) is 0 Å². The molecule has 2 heteroatoms. The van der Waals surface area contributed by atoms with E-state index in [1.165, 1.54) is 32.1 Å². The maximum atomic E-state index is 9.76. The first-order valence-corrected chi connectivity index (χ1v) is 7.53. The van der Waals surface area contributed by atoms with Crippen LogP contribution in [0.15, 0.2) is 0 Å². The molecule has 0 spiro atoms. The van der Waals surface area contributed by atoms with E-state index in [0.29, 0.717) is 0 Å². The molecule has 2 atom stereocenters. The molecule has 17 heavy (non-hydrogen) atoms. The third-order valence-corrected chi connectivity index (χ3v) is 3.30. The normalized spacial score (nSPS) is 14.8. The van der Waals surface area contributed by atoms with Crippen molar-refractivity contribution in [3.8, 4) is 0 Å². The number of hydrogen-bond acceptors (Lipinski definition) is 2. The van der Waals surface area contributed by atoms with Gasteiger partial charge in [-0.2, -0.15) is 0 Å². The van der Waals surface area contributed by atoms with Crippen molar-refractivity contribution in [2.75, 3.05) is 0 Å². The number of rotatable bonds is 12. The van der Waals surface area contributed by atoms with Crippen molar-refractivity contribution in [1.82, 2.24) is 0 Å². The van der Waals surface area contributed by atoms with Crippen LogP contribution in [0.1, 0.15) is 84.5 Å². The molecule has 0 aliphatic heterocycles. The zero-order valence-electron chi connectivity index (χ0n) is 11.8. The predicted molar refractivity (Wildman–Crippen MR) is 74.1 cm³/mol. The molecule has 0 bridgehead atoms. The van der Waals surface area contributed by atoms with E-state index < -0.39 is 0 Å². The summed E-state index contributed by atoms with van der Waals surface area (Å²) < 4.78 is 0. The standard InChI is InChI=1S/C15H32O2/c1-3-4-5-6-9-12-15(17)13-10-7-8-11-14(2)16/h14-17H,3-13H2,1-2H3. The summed E-state index contributed by atoms with van der Waals surface area (Å²) in [7, 11) is 0. The molecule has 0 aromatic rings. The molecule has 0 saturated heterocycles. The summed E-state index contributed by atoms with van der Waals surface area (Å²) in [4.78, 5) is 0. The fraction of sp³-hybridized carbons (Fsp3) is 1.00. The molecule has 0 radical (unpaired) electrons. The summed E-state index contributed by atoms with van der Waals surface area (Å²) >= 11 is 0. The maximum absolute atomic E-state index is 9.76. The molecule has 0 aromatic heterocycles. The summed E-state index contributed by atoms with van der Waals surface area (Å²) in [6.07, 6.45) is 12.2. The highest BCUT2D eigenvalue weighted by Crippen LogP contribution is 2.13. The molecule has 0 aliphatic rings. The molecule has 2 nitrogen and oxygen atoms in total. The fourth-order valence-corrected chi connectivity index (χ4v) is 2.12. The maximum Gasteiger partial charge on any atom is 0.0540 e. The smallest absolute Gasteiger partial charge is 0.0540 e. The molecule has 0 amide bonds. The minimum atomic E-state index is -0.168. The first kappa shape index (κ1) is 16.9. The quantitative estimate of drug-likeness (QED) is 0.509. The molecule has 0 heterocycles. The molecule has 2 N–H and O–H groups in total. The van der Waals surface area contributed by atoms with Crippen LogP contribution in [0, 0.1) is 0 Å². The minimum Gasteiger partial charge on any atom is -0.393 e. The summed E-state index contributed by atoms with van der Waals surface area (Å²) in [5.41, 5.74) is 0. The van der Waals surface area contributed by atoms with Gasteiger partial charge in [-0.1, -0.05) is 58.3 Å². The zero-order valence-corrected chi connectivity index (χ0v) is 11.8. The monoisotopic (exact) mass is 244 g/mol. The van der Waals surface area contributed by atoms with Gasteiger partial charge in [0, 0.05) is 0 Å². The van der Waals surface area contributed by atoms with Crippen molar-refractivity contribution < 1.29 is 10.2 Å². The highest BCUT2D eigenvalue weighted by atomic mass is 16.3. The van der Waals surface area contributed by atoms with Crippen LogP contribution in [-0.4, -0.2) is 22.4 Å². The third-order valence-electron chi connectivity index (χ3n) is 3.30. The van der Waals surface area contributed by atoms with Gasteiger partial charge in [-0.05, 0) is 26.2 Å². The van der Waals surface area contributed by atoms with E-state index in [-0.39, 0.29) is 12.2 Å². The predicted octanol–water partition coefficient (Wildman–Crippen LogP) is 4.04. The van der Waals surface area contributed by atoms with Crippen LogP contribution < -0.4 is 0 Å². The highest BCUT2D eigenvalue weighted by molar-refractivity contribution is 4.57. The fourth-order valence-electron chi connectivity index (χ4n) is 2.12. The van der Waals surface area contributed by atoms with Gasteiger partial charge in [-0.3, -0.25) is 0 Å². The van der Waals surface area contributed by atoms with Gasteiger partial charge in [-0.25, -0.2) is 0 Å². The van der Waals surface area contributed by atoms with Crippen LogP contribution in [0.2, 0.25) is 0 Å². The average molecular weight is 244 g/mol. The van der Waals surface area contributed by atoms with Crippen LogP contribution in [0.4, 0.5) is 0 Å². The first-order valence-electron chi connectivity index (χ1n) is 7.53. The third kappa shape index (κ3) is 13.9. The minimum absolute atomic E-state index is 0.0943. The van der Waals surface area contributed by atoms with Crippen LogP contribution in [0.3, 0.4) is 0 Å². The molecule has 2 unspecified atom stereocenters. The Kier molecular flexibility index (Phi) is 12.3. The largest absolute Gasteiger partial charge is 0.393 e. The van der Waals surface area contributed by atoms with Crippen LogP contribution >= 0.6 is 0 Å². The average Bonchev–Trinajstić information content (AvgIpc) is 2.28. The lowest BCUT2D eigenvalue weighted by Crippen LogP contribution is -2.06. The molecular weight excluding hydrogens is 212 g/mol. The Hall–Kier alpha value is -0.0800. The van der Waals surface area contributed by atoms with E-state index in [2.05, 4.69) is 6.92 Å². The van der Waals surface area contributed by atoms with Gasteiger partial charge in [0.2, 0.25) is 0 Å². The second kappa shape index (κ2) is 12.4. The Morgan fingerprint density at radius 3 is 1.71 bits per heavy atom. The Bertz CT molecular complexity index is 146.